The Morgan fingerprint density at radius 1 is 1.44 bits per heavy atom. The summed E-state index contributed by atoms with van der Waals surface area (Å²) in [5.41, 5.74) is 2.66. The Balaban J connectivity index is 2.05. The van der Waals surface area contributed by atoms with Crippen LogP contribution in [0, 0.1) is 0 Å². The third-order valence-electron chi connectivity index (χ3n) is 3.74. The fourth-order valence-electron chi connectivity index (χ4n) is 2.72. The first kappa shape index (κ1) is 10.4. The zero-order chi connectivity index (χ0) is 11.2. The largest absolute Gasteiger partial charge is 0.491 e. The second kappa shape index (κ2) is 3.64. The first-order valence-electron chi connectivity index (χ1n) is 5.90. The lowest BCUT2D eigenvalue weighted by molar-refractivity contribution is 0.357. The van der Waals surface area contributed by atoms with Gasteiger partial charge in [0.2, 0.25) is 0 Å². The van der Waals surface area contributed by atoms with E-state index in [2.05, 4.69) is 24.4 Å². The van der Waals surface area contributed by atoms with E-state index in [1.165, 1.54) is 24.0 Å². The van der Waals surface area contributed by atoms with Crippen molar-refractivity contribution in [2.24, 2.45) is 0 Å². The molecule has 0 saturated carbocycles. The van der Waals surface area contributed by atoms with E-state index >= 15 is 0 Å². The second-order valence-electron chi connectivity index (χ2n) is 4.91. The van der Waals surface area contributed by atoms with Gasteiger partial charge in [-0.15, -0.1) is 0 Å². The molecule has 1 aromatic carbocycles. The van der Waals surface area contributed by atoms with E-state index in [0.717, 1.165) is 30.3 Å². The van der Waals surface area contributed by atoms with Crippen LogP contribution in [0.5, 0.6) is 5.75 Å². The van der Waals surface area contributed by atoms with E-state index < -0.39 is 0 Å². The SMILES string of the molecule is CC1(c2cc(Cl)c3c(c2)CCO3)CCCN1. The van der Waals surface area contributed by atoms with Crippen molar-refractivity contribution in [3.63, 3.8) is 0 Å². The maximum Gasteiger partial charge on any atom is 0.141 e. The van der Waals surface area contributed by atoms with Gasteiger partial charge >= 0.3 is 0 Å². The van der Waals surface area contributed by atoms with Crippen molar-refractivity contribution < 1.29 is 4.74 Å². The summed E-state index contributed by atoms with van der Waals surface area (Å²) >= 11 is 6.26. The summed E-state index contributed by atoms with van der Waals surface area (Å²) in [7, 11) is 0. The van der Waals surface area contributed by atoms with Gasteiger partial charge in [-0.3, -0.25) is 0 Å². The van der Waals surface area contributed by atoms with Gasteiger partial charge in [0.1, 0.15) is 5.75 Å². The van der Waals surface area contributed by atoms with Crippen LogP contribution in [0.2, 0.25) is 5.02 Å². The lowest BCUT2D eigenvalue weighted by Crippen LogP contribution is -2.33. The third kappa shape index (κ3) is 1.52. The average molecular weight is 238 g/mol. The molecule has 2 heterocycles. The van der Waals surface area contributed by atoms with E-state index in [1.54, 1.807) is 0 Å². The van der Waals surface area contributed by atoms with Crippen LogP contribution in [0.3, 0.4) is 0 Å². The first-order valence-corrected chi connectivity index (χ1v) is 6.28. The Bertz CT molecular complexity index is 424. The van der Waals surface area contributed by atoms with Crippen molar-refractivity contribution in [3.8, 4) is 5.75 Å². The summed E-state index contributed by atoms with van der Waals surface area (Å²) in [6.45, 7) is 4.12. The Morgan fingerprint density at radius 2 is 2.31 bits per heavy atom. The van der Waals surface area contributed by atoms with Crippen molar-refractivity contribution in [2.45, 2.75) is 31.7 Å². The monoisotopic (exact) mass is 237 g/mol. The third-order valence-corrected chi connectivity index (χ3v) is 4.02. The quantitative estimate of drug-likeness (QED) is 0.811. The molecule has 1 atom stereocenters. The summed E-state index contributed by atoms with van der Waals surface area (Å²) < 4.78 is 5.53. The molecule has 2 aliphatic heterocycles. The van der Waals surface area contributed by atoms with E-state index in [1.807, 2.05) is 0 Å². The molecule has 1 N–H and O–H groups in total. The van der Waals surface area contributed by atoms with Crippen LogP contribution in [0.15, 0.2) is 12.1 Å². The zero-order valence-electron chi connectivity index (χ0n) is 9.48. The van der Waals surface area contributed by atoms with Gasteiger partial charge in [-0.25, -0.2) is 0 Å². The minimum absolute atomic E-state index is 0.0985. The molecule has 0 spiro atoms. The molecule has 1 fully saturated rings. The number of fused-ring (bicyclic) bond motifs is 1. The minimum Gasteiger partial charge on any atom is -0.491 e. The van der Waals surface area contributed by atoms with Crippen molar-refractivity contribution in [1.82, 2.24) is 5.32 Å². The number of hydrogen-bond acceptors (Lipinski definition) is 2. The molecule has 16 heavy (non-hydrogen) atoms. The fourth-order valence-corrected chi connectivity index (χ4v) is 3.01. The summed E-state index contributed by atoms with van der Waals surface area (Å²) in [6.07, 6.45) is 3.41. The molecule has 0 aliphatic carbocycles. The minimum atomic E-state index is 0.0985. The second-order valence-corrected chi connectivity index (χ2v) is 5.31. The highest BCUT2D eigenvalue weighted by molar-refractivity contribution is 6.32. The van der Waals surface area contributed by atoms with Crippen LogP contribution in [0.1, 0.15) is 30.9 Å². The molecule has 86 valence electrons. The number of ether oxygens (including phenoxy) is 1. The molecule has 3 rings (SSSR count). The smallest absolute Gasteiger partial charge is 0.141 e. The van der Waals surface area contributed by atoms with Crippen molar-refractivity contribution in [2.75, 3.05) is 13.2 Å². The van der Waals surface area contributed by atoms with Crippen LogP contribution in [0.25, 0.3) is 0 Å². The van der Waals surface area contributed by atoms with Crippen molar-refractivity contribution in [3.05, 3.63) is 28.3 Å². The predicted molar refractivity (Wildman–Crippen MR) is 65.2 cm³/mol. The van der Waals surface area contributed by atoms with Crippen LogP contribution >= 0.6 is 11.6 Å². The molecule has 1 saturated heterocycles. The Hall–Kier alpha value is -0.730. The molecule has 2 aliphatic rings. The Kier molecular flexibility index (Phi) is 2.37. The van der Waals surface area contributed by atoms with Crippen LogP contribution in [0.4, 0.5) is 0 Å². The van der Waals surface area contributed by atoms with Crippen molar-refractivity contribution in [1.29, 1.82) is 0 Å². The molecule has 0 bridgehead atoms. The predicted octanol–water partition coefficient (Wildman–Crippen LogP) is 2.87. The van der Waals surface area contributed by atoms with Gasteiger partial charge in [-0.1, -0.05) is 17.7 Å². The number of benzene rings is 1. The Labute approximate surface area is 101 Å². The van der Waals surface area contributed by atoms with Gasteiger partial charge in [0.25, 0.3) is 0 Å². The lowest BCUT2D eigenvalue weighted by Gasteiger charge is -2.25. The maximum absolute atomic E-state index is 6.26. The highest BCUT2D eigenvalue weighted by atomic mass is 35.5. The number of hydrogen-bond donors (Lipinski definition) is 1. The van der Waals surface area contributed by atoms with Crippen LogP contribution < -0.4 is 10.1 Å². The summed E-state index contributed by atoms with van der Waals surface area (Å²) in [4.78, 5) is 0. The number of nitrogens with one attached hydrogen (secondary N) is 1. The molecule has 0 amide bonds. The molecule has 0 aromatic heterocycles. The average Bonchev–Trinajstić information content (AvgIpc) is 2.86. The molecule has 3 heteroatoms. The Morgan fingerprint density at radius 3 is 3.06 bits per heavy atom. The summed E-state index contributed by atoms with van der Waals surface area (Å²) in [5.74, 6) is 0.895. The summed E-state index contributed by atoms with van der Waals surface area (Å²) in [6, 6.07) is 4.32. The molecule has 0 radical (unpaired) electrons. The highest BCUT2D eigenvalue weighted by Crippen LogP contribution is 2.39. The van der Waals surface area contributed by atoms with E-state index in [9.17, 15) is 0 Å². The number of halogens is 1. The number of rotatable bonds is 1. The van der Waals surface area contributed by atoms with Crippen LogP contribution in [-0.4, -0.2) is 13.2 Å². The van der Waals surface area contributed by atoms with Gasteiger partial charge in [-0.2, -0.15) is 0 Å². The zero-order valence-corrected chi connectivity index (χ0v) is 10.2. The lowest BCUT2D eigenvalue weighted by atomic mass is 9.89. The maximum atomic E-state index is 6.26. The highest BCUT2D eigenvalue weighted by Gasteiger charge is 2.31. The standard InChI is InChI=1S/C13H16ClNO/c1-13(4-2-5-15-13)10-7-9-3-6-16-12(9)11(14)8-10/h7-8,15H,2-6H2,1H3. The molecule has 2 nitrogen and oxygen atoms in total. The fraction of sp³-hybridized carbons (Fsp3) is 0.538. The van der Waals surface area contributed by atoms with E-state index in [-0.39, 0.29) is 5.54 Å². The van der Waals surface area contributed by atoms with Gasteiger partial charge in [0.15, 0.2) is 0 Å². The van der Waals surface area contributed by atoms with Gasteiger partial charge in [0.05, 0.1) is 11.6 Å². The summed E-state index contributed by atoms with van der Waals surface area (Å²) in [5, 5.41) is 4.33. The normalized spacial score (nSPS) is 27.9. The van der Waals surface area contributed by atoms with Gasteiger partial charge in [-0.05, 0) is 43.5 Å². The van der Waals surface area contributed by atoms with E-state index in [4.69, 9.17) is 16.3 Å². The van der Waals surface area contributed by atoms with Crippen molar-refractivity contribution >= 4 is 11.6 Å². The van der Waals surface area contributed by atoms with E-state index in [0.29, 0.717) is 0 Å². The molecule has 1 aromatic rings. The van der Waals surface area contributed by atoms with Gasteiger partial charge in [0, 0.05) is 12.0 Å². The van der Waals surface area contributed by atoms with Gasteiger partial charge < -0.3 is 10.1 Å². The first-order chi connectivity index (χ1) is 7.69. The molecular formula is C13H16ClNO. The molecule has 1 unspecified atom stereocenters. The topological polar surface area (TPSA) is 21.3 Å². The molecular weight excluding hydrogens is 222 g/mol. The van der Waals surface area contributed by atoms with Crippen LogP contribution in [-0.2, 0) is 12.0 Å².